The number of halogens is 2. The summed E-state index contributed by atoms with van der Waals surface area (Å²) in [5.74, 6) is -2.58. The summed E-state index contributed by atoms with van der Waals surface area (Å²) in [6, 6.07) is 6.36. The quantitative estimate of drug-likeness (QED) is 0.570. The van der Waals surface area contributed by atoms with Crippen LogP contribution in [0, 0.1) is 11.6 Å². The molecular formula is C24H24F2N6O4. The standard InChI is InChI=1S/C24H24F2N6O4/c1-29-22(34)16(15-4-2-5-17(25)20(15)26)12-31(24(29)36)13-19(33)30-10-7-14(8-11-30)32-18-6-3-9-27-21(18)28-23(32)35/h2-6,9,12,14,22,34H,7-8,10-11,13H2,1H3,(H,27,28,35). The number of likely N-dealkylation sites (tertiary alicyclic amines) is 1. The summed E-state index contributed by atoms with van der Waals surface area (Å²) in [5.41, 5.74) is 0.728. The van der Waals surface area contributed by atoms with Crippen molar-refractivity contribution >= 4 is 28.7 Å². The number of hydrogen-bond donors (Lipinski definition) is 2. The first kappa shape index (κ1) is 23.7. The average Bonchev–Trinajstić information content (AvgIpc) is 3.22. The van der Waals surface area contributed by atoms with E-state index in [-0.39, 0.29) is 35.3 Å². The number of fused-ring (bicyclic) bond motifs is 1. The zero-order valence-electron chi connectivity index (χ0n) is 19.4. The fraction of sp³-hybridized carbons (Fsp3) is 0.333. The molecule has 2 aliphatic rings. The van der Waals surface area contributed by atoms with E-state index >= 15 is 0 Å². The third-order valence-electron chi connectivity index (χ3n) is 6.73. The van der Waals surface area contributed by atoms with Gasteiger partial charge < -0.3 is 10.0 Å². The Bertz CT molecular complexity index is 1430. The fourth-order valence-electron chi connectivity index (χ4n) is 4.79. The van der Waals surface area contributed by atoms with Crippen LogP contribution < -0.4 is 5.69 Å². The van der Waals surface area contributed by atoms with E-state index < -0.39 is 23.9 Å². The van der Waals surface area contributed by atoms with E-state index in [1.807, 2.05) is 6.07 Å². The summed E-state index contributed by atoms with van der Waals surface area (Å²) in [6.07, 6.45) is 2.36. The number of pyridine rings is 1. The Hall–Kier alpha value is -4.06. The number of likely N-dealkylation sites (N-methyl/N-ethyl adjacent to an activating group) is 1. The molecule has 1 aromatic carbocycles. The van der Waals surface area contributed by atoms with Crippen molar-refractivity contribution < 1.29 is 23.5 Å². The lowest BCUT2D eigenvalue weighted by Crippen LogP contribution is -2.52. The van der Waals surface area contributed by atoms with Crippen LogP contribution in [0.4, 0.5) is 13.6 Å². The molecule has 0 saturated carbocycles. The molecule has 0 bridgehead atoms. The minimum Gasteiger partial charge on any atom is -0.369 e. The summed E-state index contributed by atoms with van der Waals surface area (Å²) in [4.78, 5) is 48.8. The summed E-state index contributed by atoms with van der Waals surface area (Å²) in [7, 11) is 1.31. The highest BCUT2D eigenvalue weighted by Gasteiger charge is 2.35. The predicted octanol–water partition coefficient (Wildman–Crippen LogP) is 1.89. The van der Waals surface area contributed by atoms with E-state index in [1.54, 1.807) is 21.7 Å². The van der Waals surface area contributed by atoms with Crippen molar-refractivity contribution in [3.8, 4) is 0 Å². The molecule has 10 nitrogen and oxygen atoms in total. The van der Waals surface area contributed by atoms with E-state index in [9.17, 15) is 28.3 Å². The number of urea groups is 1. The molecule has 3 aromatic rings. The number of hydrogen-bond acceptors (Lipinski definition) is 5. The van der Waals surface area contributed by atoms with Crippen molar-refractivity contribution in [1.82, 2.24) is 29.2 Å². The van der Waals surface area contributed by atoms with Crippen molar-refractivity contribution in [2.75, 3.05) is 26.7 Å². The molecule has 0 aliphatic carbocycles. The van der Waals surface area contributed by atoms with Gasteiger partial charge in [0.15, 0.2) is 23.5 Å². The summed E-state index contributed by atoms with van der Waals surface area (Å²) >= 11 is 0. The van der Waals surface area contributed by atoms with Gasteiger partial charge in [0.25, 0.3) is 0 Å². The summed E-state index contributed by atoms with van der Waals surface area (Å²) < 4.78 is 29.8. The Morgan fingerprint density at radius 3 is 2.67 bits per heavy atom. The molecule has 3 amide bonds. The second-order valence-electron chi connectivity index (χ2n) is 8.86. The van der Waals surface area contributed by atoms with Crippen LogP contribution in [-0.4, -0.2) is 79.2 Å². The minimum absolute atomic E-state index is 0.0343. The number of aliphatic hydroxyl groups excluding tert-OH is 1. The molecule has 36 heavy (non-hydrogen) atoms. The molecular weight excluding hydrogens is 474 g/mol. The highest BCUT2D eigenvalue weighted by molar-refractivity contribution is 5.89. The predicted molar refractivity (Wildman–Crippen MR) is 125 cm³/mol. The van der Waals surface area contributed by atoms with Gasteiger partial charge in [0.2, 0.25) is 5.91 Å². The van der Waals surface area contributed by atoms with E-state index in [2.05, 4.69) is 9.97 Å². The van der Waals surface area contributed by atoms with Crippen LogP contribution in [0.2, 0.25) is 0 Å². The molecule has 4 heterocycles. The maximum Gasteiger partial charge on any atom is 0.327 e. The van der Waals surface area contributed by atoms with Crippen LogP contribution in [0.5, 0.6) is 0 Å². The Morgan fingerprint density at radius 2 is 1.92 bits per heavy atom. The van der Waals surface area contributed by atoms with Gasteiger partial charge in [-0.15, -0.1) is 0 Å². The summed E-state index contributed by atoms with van der Waals surface area (Å²) in [5, 5.41) is 10.5. The van der Waals surface area contributed by atoms with Gasteiger partial charge in [-0.25, -0.2) is 23.4 Å². The van der Waals surface area contributed by atoms with Gasteiger partial charge in [0, 0.05) is 49.7 Å². The van der Waals surface area contributed by atoms with Crippen LogP contribution >= 0.6 is 0 Å². The number of H-pyrrole nitrogens is 1. The molecule has 1 unspecified atom stereocenters. The first-order valence-electron chi connectivity index (χ1n) is 11.5. The van der Waals surface area contributed by atoms with Crippen molar-refractivity contribution in [3.05, 3.63) is 70.4 Å². The maximum atomic E-state index is 14.4. The zero-order valence-corrected chi connectivity index (χ0v) is 19.4. The van der Waals surface area contributed by atoms with Gasteiger partial charge in [-0.3, -0.25) is 24.1 Å². The van der Waals surface area contributed by atoms with Crippen molar-refractivity contribution in [1.29, 1.82) is 0 Å². The molecule has 1 saturated heterocycles. The molecule has 1 fully saturated rings. The molecule has 5 rings (SSSR count). The lowest BCUT2D eigenvalue weighted by Gasteiger charge is -2.37. The van der Waals surface area contributed by atoms with Crippen molar-refractivity contribution in [2.45, 2.75) is 25.1 Å². The number of aromatic amines is 1. The highest BCUT2D eigenvalue weighted by Crippen LogP contribution is 2.30. The van der Waals surface area contributed by atoms with Gasteiger partial charge in [-0.2, -0.15) is 0 Å². The minimum atomic E-state index is -1.50. The third-order valence-corrected chi connectivity index (χ3v) is 6.73. The Balaban J connectivity index is 1.31. The molecule has 2 N–H and O–H groups in total. The van der Waals surface area contributed by atoms with Crippen molar-refractivity contribution in [3.63, 3.8) is 0 Å². The molecule has 1 atom stereocenters. The molecule has 2 aliphatic heterocycles. The van der Waals surface area contributed by atoms with Crippen LogP contribution in [0.15, 0.2) is 47.5 Å². The van der Waals surface area contributed by atoms with Gasteiger partial charge in [-0.1, -0.05) is 12.1 Å². The Labute approximate surface area is 204 Å². The van der Waals surface area contributed by atoms with E-state index in [4.69, 9.17) is 0 Å². The number of nitrogens with zero attached hydrogens (tertiary/aromatic N) is 5. The van der Waals surface area contributed by atoms with Crippen LogP contribution in [0.1, 0.15) is 24.4 Å². The lowest BCUT2D eigenvalue weighted by atomic mass is 10.0. The monoisotopic (exact) mass is 498 g/mol. The number of piperidine rings is 1. The number of aliphatic hydroxyl groups is 1. The SMILES string of the molecule is CN1C(=O)N(CC(=O)N2CCC(n3c(=O)[nH]c4ncccc43)CC2)C=C(c2cccc(F)c2F)C1O. The highest BCUT2D eigenvalue weighted by atomic mass is 19.2. The van der Waals surface area contributed by atoms with Crippen LogP contribution in [0.25, 0.3) is 16.7 Å². The number of imidazole rings is 1. The fourth-order valence-corrected chi connectivity index (χ4v) is 4.79. The zero-order chi connectivity index (χ0) is 25.6. The molecule has 12 heteroatoms. The van der Waals surface area contributed by atoms with E-state index in [0.29, 0.717) is 37.1 Å². The van der Waals surface area contributed by atoms with Gasteiger partial charge in [0.1, 0.15) is 6.54 Å². The molecule has 0 spiro atoms. The average molecular weight is 498 g/mol. The Morgan fingerprint density at radius 1 is 1.17 bits per heavy atom. The van der Waals surface area contributed by atoms with E-state index in [1.165, 1.54) is 25.4 Å². The number of rotatable bonds is 4. The number of carbonyl (C=O) groups is 2. The first-order chi connectivity index (χ1) is 17.3. The lowest BCUT2D eigenvalue weighted by molar-refractivity contribution is -0.132. The number of aromatic nitrogens is 3. The second kappa shape index (κ2) is 9.19. The van der Waals surface area contributed by atoms with E-state index in [0.717, 1.165) is 15.9 Å². The van der Waals surface area contributed by atoms with Crippen molar-refractivity contribution in [2.24, 2.45) is 0 Å². The number of benzene rings is 1. The summed E-state index contributed by atoms with van der Waals surface area (Å²) in [6.45, 7) is 0.412. The largest absolute Gasteiger partial charge is 0.369 e. The number of amides is 3. The van der Waals surface area contributed by atoms with Gasteiger partial charge in [0.05, 0.1) is 5.52 Å². The normalized spacial score (nSPS) is 19.2. The van der Waals surface area contributed by atoms with Crippen LogP contribution in [-0.2, 0) is 4.79 Å². The smallest absolute Gasteiger partial charge is 0.327 e. The molecule has 0 radical (unpaired) electrons. The van der Waals surface area contributed by atoms with Crippen LogP contribution in [0.3, 0.4) is 0 Å². The second-order valence-corrected chi connectivity index (χ2v) is 8.86. The third kappa shape index (κ3) is 4.02. The number of carbonyl (C=O) groups excluding carboxylic acids is 2. The Kier molecular flexibility index (Phi) is 6.04. The molecule has 188 valence electrons. The first-order valence-corrected chi connectivity index (χ1v) is 11.5. The molecule has 2 aromatic heterocycles. The van der Waals surface area contributed by atoms with Gasteiger partial charge in [-0.05, 0) is 31.0 Å². The maximum absolute atomic E-state index is 14.4. The topological polar surface area (TPSA) is 115 Å². The number of nitrogens with one attached hydrogen (secondary N) is 1. The van der Waals surface area contributed by atoms with Gasteiger partial charge >= 0.3 is 11.7 Å².